The second-order valence-electron chi connectivity index (χ2n) is 3.03. The Labute approximate surface area is 90.2 Å². The summed E-state index contributed by atoms with van der Waals surface area (Å²) in [6, 6.07) is 4.09. The van der Waals surface area contributed by atoms with Crippen LogP contribution in [0, 0.1) is 6.92 Å². The Morgan fingerprint density at radius 3 is 2.53 bits per heavy atom. The van der Waals surface area contributed by atoms with Crippen LogP contribution in [0.15, 0.2) is 23.1 Å². The van der Waals surface area contributed by atoms with E-state index in [0.29, 0.717) is 0 Å². The summed E-state index contributed by atoms with van der Waals surface area (Å²) < 4.78 is 51.6. The van der Waals surface area contributed by atoms with E-state index in [4.69, 9.17) is 4.55 Å². The number of aryl methyl sites for hydroxylation is 1. The molecule has 1 aromatic rings. The van der Waals surface area contributed by atoms with Crippen molar-refractivity contribution in [2.45, 2.75) is 17.6 Å². The normalized spacial score (nSPS) is 13.8. The van der Waals surface area contributed by atoms with Crippen molar-refractivity contribution in [3.8, 4) is 0 Å². The SMILES string of the molecule is Cc1ccc(S(=O)(=O)O)c(CS(=O)[O-])c1. The fourth-order valence-electron chi connectivity index (χ4n) is 1.20. The lowest BCUT2D eigenvalue weighted by Gasteiger charge is -2.09. The second-order valence-corrected chi connectivity index (χ2v) is 5.32. The Balaban J connectivity index is 3.33. The van der Waals surface area contributed by atoms with E-state index in [9.17, 15) is 17.2 Å². The highest BCUT2D eigenvalue weighted by Crippen LogP contribution is 2.18. The Bertz CT molecular complexity index is 492. The molecule has 0 aliphatic rings. The minimum atomic E-state index is -4.37. The topological polar surface area (TPSA) is 94.5 Å². The third kappa shape index (κ3) is 3.38. The van der Waals surface area contributed by atoms with Gasteiger partial charge in [0.1, 0.15) is 0 Å². The zero-order valence-corrected chi connectivity index (χ0v) is 9.47. The molecule has 0 amide bonds. The zero-order chi connectivity index (χ0) is 11.6. The van der Waals surface area contributed by atoms with Gasteiger partial charge in [0.05, 0.1) is 4.90 Å². The maximum Gasteiger partial charge on any atom is 0.294 e. The monoisotopic (exact) mass is 249 g/mol. The first-order valence-electron chi connectivity index (χ1n) is 3.93. The van der Waals surface area contributed by atoms with Gasteiger partial charge in [-0.25, -0.2) is 0 Å². The van der Waals surface area contributed by atoms with Gasteiger partial charge in [-0.2, -0.15) is 8.42 Å². The Hall–Kier alpha value is -0.760. The largest absolute Gasteiger partial charge is 0.772 e. The van der Waals surface area contributed by atoms with Crippen molar-refractivity contribution in [1.29, 1.82) is 0 Å². The van der Waals surface area contributed by atoms with Crippen LogP contribution < -0.4 is 0 Å². The molecule has 84 valence electrons. The molecule has 0 bridgehead atoms. The van der Waals surface area contributed by atoms with Gasteiger partial charge in [-0.15, -0.1) is 0 Å². The van der Waals surface area contributed by atoms with Crippen LogP contribution in [0.3, 0.4) is 0 Å². The van der Waals surface area contributed by atoms with Crippen molar-refractivity contribution in [1.82, 2.24) is 0 Å². The molecule has 0 aliphatic heterocycles. The van der Waals surface area contributed by atoms with Gasteiger partial charge in [0, 0.05) is 5.75 Å². The molecule has 0 aliphatic carbocycles. The highest BCUT2D eigenvalue weighted by Gasteiger charge is 2.14. The van der Waals surface area contributed by atoms with Crippen LogP contribution in [0.1, 0.15) is 11.1 Å². The molecule has 0 saturated carbocycles. The van der Waals surface area contributed by atoms with E-state index in [-0.39, 0.29) is 10.5 Å². The van der Waals surface area contributed by atoms with E-state index in [0.717, 1.165) is 5.56 Å². The van der Waals surface area contributed by atoms with Gasteiger partial charge in [0.25, 0.3) is 10.1 Å². The third-order valence-corrected chi connectivity index (χ3v) is 3.27. The lowest BCUT2D eigenvalue weighted by molar-refractivity contribution is 0.482. The molecule has 15 heavy (non-hydrogen) atoms. The standard InChI is InChI=1S/C8H10O5S2/c1-6-2-3-8(15(11,12)13)7(4-6)5-14(9)10/h2-4H,5H2,1H3,(H,9,10)(H,11,12,13)/p-1. The highest BCUT2D eigenvalue weighted by molar-refractivity contribution is 7.86. The Morgan fingerprint density at radius 1 is 1.47 bits per heavy atom. The number of rotatable bonds is 3. The molecule has 1 atom stereocenters. The average molecular weight is 249 g/mol. The lowest BCUT2D eigenvalue weighted by atomic mass is 10.2. The van der Waals surface area contributed by atoms with E-state index in [1.54, 1.807) is 6.92 Å². The summed E-state index contributed by atoms with van der Waals surface area (Å²) in [5, 5.41) is 0. The lowest BCUT2D eigenvalue weighted by Crippen LogP contribution is -2.05. The molecule has 1 aromatic carbocycles. The van der Waals surface area contributed by atoms with Crippen LogP contribution in [0.2, 0.25) is 0 Å². The van der Waals surface area contributed by atoms with Crippen LogP contribution in [-0.4, -0.2) is 21.7 Å². The molecule has 1 rings (SSSR count). The molecule has 7 heteroatoms. The van der Waals surface area contributed by atoms with E-state index in [1.807, 2.05) is 0 Å². The molecular formula is C8H9O5S2-. The number of benzene rings is 1. The maximum absolute atomic E-state index is 10.9. The Morgan fingerprint density at radius 2 is 2.07 bits per heavy atom. The van der Waals surface area contributed by atoms with Crippen molar-refractivity contribution in [3.63, 3.8) is 0 Å². The molecule has 0 saturated heterocycles. The zero-order valence-electron chi connectivity index (χ0n) is 7.84. The fourth-order valence-corrected chi connectivity index (χ4v) is 2.49. The molecule has 0 spiro atoms. The maximum atomic E-state index is 10.9. The van der Waals surface area contributed by atoms with E-state index < -0.39 is 27.0 Å². The van der Waals surface area contributed by atoms with Gasteiger partial charge >= 0.3 is 0 Å². The fraction of sp³-hybridized carbons (Fsp3) is 0.250. The summed E-state index contributed by atoms with van der Waals surface area (Å²) in [7, 11) is -4.37. The molecule has 0 radical (unpaired) electrons. The van der Waals surface area contributed by atoms with Crippen LogP contribution in [-0.2, 0) is 27.0 Å². The minimum Gasteiger partial charge on any atom is -0.772 e. The van der Waals surface area contributed by atoms with Crippen molar-refractivity contribution in [2.24, 2.45) is 0 Å². The first kappa shape index (κ1) is 12.3. The van der Waals surface area contributed by atoms with Crippen molar-refractivity contribution >= 4 is 21.2 Å². The summed E-state index contributed by atoms with van der Waals surface area (Å²) >= 11 is -2.40. The summed E-state index contributed by atoms with van der Waals surface area (Å²) in [5.74, 6) is -0.434. The molecule has 0 fully saturated rings. The van der Waals surface area contributed by atoms with Gasteiger partial charge < -0.3 is 4.55 Å². The van der Waals surface area contributed by atoms with E-state index in [2.05, 4.69) is 0 Å². The predicted molar refractivity (Wildman–Crippen MR) is 53.6 cm³/mol. The summed E-state index contributed by atoms with van der Waals surface area (Å²) in [5.41, 5.74) is 0.800. The van der Waals surface area contributed by atoms with Crippen molar-refractivity contribution < 1.29 is 21.7 Å². The molecule has 0 heterocycles. The summed E-state index contributed by atoms with van der Waals surface area (Å²) in [6.45, 7) is 1.70. The van der Waals surface area contributed by atoms with E-state index in [1.165, 1.54) is 18.2 Å². The van der Waals surface area contributed by atoms with Crippen LogP contribution in [0.25, 0.3) is 0 Å². The summed E-state index contributed by atoms with van der Waals surface area (Å²) in [6.07, 6.45) is 0. The average Bonchev–Trinajstić information content (AvgIpc) is 1.99. The first-order chi connectivity index (χ1) is 6.80. The van der Waals surface area contributed by atoms with Crippen molar-refractivity contribution in [2.75, 3.05) is 0 Å². The quantitative estimate of drug-likeness (QED) is 0.626. The van der Waals surface area contributed by atoms with Crippen molar-refractivity contribution in [3.05, 3.63) is 29.3 Å². The van der Waals surface area contributed by atoms with Crippen LogP contribution in [0.5, 0.6) is 0 Å². The Kier molecular flexibility index (Phi) is 3.61. The minimum absolute atomic E-state index is 0.0748. The smallest absolute Gasteiger partial charge is 0.294 e. The van der Waals surface area contributed by atoms with Gasteiger partial charge in [0.15, 0.2) is 0 Å². The van der Waals surface area contributed by atoms with Gasteiger partial charge in [-0.05, 0) is 18.6 Å². The first-order valence-corrected chi connectivity index (χ1v) is 6.62. The third-order valence-electron chi connectivity index (χ3n) is 1.77. The van der Waals surface area contributed by atoms with Gasteiger partial charge in [-0.1, -0.05) is 28.8 Å². The number of hydrogen-bond donors (Lipinski definition) is 1. The highest BCUT2D eigenvalue weighted by atomic mass is 32.2. The molecule has 0 aromatic heterocycles. The predicted octanol–water partition coefficient (Wildman–Crippen LogP) is 0.621. The molecule has 5 nitrogen and oxygen atoms in total. The van der Waals surface area contributed by atoms with Crippen LogP contribution >= 0.6 is 0 Å². The van der Waals surface area contributed by atoms with E-state index >= 15 is 0 Å². The number of hydrogen-bond acceptors (Lipinski definition) is 4. The van der Waals surface area contributed by atoms with Gasteiger partial charge in [-0.3, -0.25) is 8.76 Å². The van der Waals surface area contributed by atoms with Crippen LogP contribution in [0.4, 0.5) is 0 Å². The molecular weight excluding hydrogens is 240 g/mol. The molecule has 1 N–H and O–H groups in total. The second kappa shape index (κ2) is 4.40. The summed E-state index contributed by atoms with van der Waals surface area (Å²) in [4.78, 5) is -0.364. The molecule has 1 unspecified atom stereocenters. The van der Waals surface area contributed by atoms with Gasteiger partial charge in [0.2, 0.25) is 0 Å².